The molecule has 2 fully saturated rings. The Labute approximate surface area is 181 Å². The number of ether oxygens (including phenoxy) is 1. The van der Waals surface area contributed by atoms with Crippen LogP contribution in [0.3, 0.4) is 0 Å². The Bertz CT molecular complexity index is 719. The molecule has 1 aromatic rings. The maximum atomic E-state index is 11.7. The molecule has 2 aliphatic heterocycles. The highest BCUT2D eigenvalue weighted by Gasteiger charge is 2.61. The van der Waals surface area contributed by atoms with Crippen molar-refractivity contribution in [3.05, 3.63) is 35.4 Å². The maximum absolute atomic E-state index is 11.7. The van der Waals surface area contributed by atoms with Crippen LogP contribution >= 0.6 is 0 Å². The predicted octanol–water partition coefficient (Wildman–Crippen LogP) is 4.11. The van der Waals surface area contributed by atoms with Gasteiger partial charge in [0.15, 0.2) is 0 Å². The second-order valence-corrected chi connectivity index (χ2v) is 10.3. The van der Waals surface area contributed by atoms with Crippen molar-refractivity contribution in [3.63, 3.8) is 0 Å². The maximum Gasteiger partial charge on any atom is 0.459 e. The predicted molar refractivity (Wildman–Crippen MR) is 117 cm³/mol. The van der Waals surface area contributed by atoms with E-state index in [2.05, 4.69) is 0 Å². The summed E-state index contributed by atoms with van der Waals surface area (Å²) >= 11 is 0. The Kier molecular flexibility index (Phi) is 5.96. The van der Waals surface area contributed by atoms with Crippen molar-refractivity contribution in [1.29, 1.82) is 0 Å². The van der Waals surface area contributed by atoms with Gasteiger partial charge in [-0.3, -0.25) is 0 Å². The fourth-order valence-corrected chi connectivity index (χ4v) is 3.61. The lowest BCUT2D eigenvalue weighted by molar-refractivity contribution is 0.00578. The normalized spacial score (nSPS) is 23.8. The molecule has 0 aliphatic carbocycles. The van der Waals surface area contributed by atoms with Gasteiger partial charge in [0, 0.05) is 5.72 Å². The first-order valence-corrected chi connectivity index (χ1v) is 10.6. The standard InChI is InChI=1S/C22H34B2O6/c1-19(2)20(3,4)28-23(27-19)17(24-29-21(5,6)22(7,8)30-24)14-15-10-12-16(13-11-15)18(25)26-9/h10-13,17H,14H2,1-9H3. The zero-order chi connectivity index (χ0) is 22.5. The molecule has 3 rings (SSSR count). The number of methoxy groups -OCH3 is 1. The first-order valence-electron chi connectivity index (χ1n) is 10.6. The van der Waals surface area contributed by atoms with Crippen molar-refractivity contribution in [2.75, 3.05) is 7.11 Å². The second-order valence-electron chi connectivity index (χ2n) is 10.3. The molecule has 164 valence electrons. The van der Waals surface area contributed by atoms with Crippen LogP contribution in [0.2, 0.25) is 5.72 Å². The molecule has 0 atom stereocenters. The molecule has 8 heteroatoms. The topological polar surface area (TPSA) is 63.2 Å². The summed E-state index contributed by atoms with van der Waals surface area (Å²) < 4.78 is 30.3. The molecule has 0 amide bonds. The van der Waals surface area contributed by atoms with Gasteiger partial charge in [-0.2, -0.15) is 0 Å². The lowest BCUT2D eigenvalue weighted by Crippen LogP contribution is -2.41. The molecule has 0 N–H and O–H groups in total. The third kappa shape index (κ3) is 4.20. The van der Waals surface area contributed by atoms with Crippen molar-refractivity contribution in [1.82, 2.24) is 0 Å². The lowest BCUT2D eigenvalue weighted by atomic mass is 9.49. The van der Waals surface area contributed by atoms with E-state index in [1.165, 1.54) is 7.11 Å². The molecule has 0 aromatic heterocycles. The summed E-state index contributed by atoms with van der Waals surface area (Å²) in [6, 6.07) is 7.39. The van der Waals surface area contributed by atoms with Gasteiger partial charge in [-0.1, -0.05) is 12.1 Å². The van der Waals surface area contributed by atoms with Crippen molar-refractivity contribution < 1.29 is 28.1 Å². The number of esters is 1. The quantitative estimate of drug-likeness (QED) is 0.532. The highest BCUT2D eigenvalue weighted by Crippen LogP contribution is 2.46. The van der Waals surface area contributed by atoms with Gasteiger partial charge in [0.1, 0.15) is 0 Å². The van der Waals surface area contributed by atoms with Gasteiger partial charge >= 0.3 is 20.2 Å². The van der Waals surface area contributed by atoms with E-state index >= 15 is 0 Å². The van der Waals surface area contributed by atoms with Crippen LogP contribution in [0.4, 0.5) is 0 Å². The van der Waals surface area contributed by atoms with E-state index in [9.17, 15) is 4.79 Å². The van der Waals surface area contributed by atoms with E-state index in [1.807, 2.05) is 67.5 Å². The van der Waals surface area contributed by atoms with Crippen molar-refractivity contribution in [2.24, 2.45) is 0 Å². The van der Waals surface area contributed by atoms with Gasteiger partial charge < -0.3 is 23.4 Å². The number of benzene rings is 1. The zero-order valence-electron chi connectivity index (χ0n) is 19.7. The number of hydrogen-bond acceptors (Lipinski definition) is 6. The van der Waals surface area contributed by atoms with Crippen LogP contribution in [-0.4, -0.2) is 49.7 Å². The Balaban J connectivity index is 1.88. The van der Waals surface area contributed by atoms with Crippen LogP contribution in [0.5, 0.6) is 0 Å². The SMILES string of the molecule is COC(=O)c1ccc(CC(B2OC(C)(C)C(C)(C)O2)B2OC(C)(C)C(C)(C)O2)cc1. The average Bonchev–Trinajstić information content (AvgIpc) is 2.98. The van der Waals surface area contributed by atoms with Gasteiger partial charge in [-0.15, -0.1) is 0 Å². The van der Waals surface area contributed by atoms with Gasteiger partial charge in [0.25, 0.3) is 0 Å². The number of rotatable bonds is 5. The number of hydrogen-bond donors (Lipinski definition) is 0. The summed E-state index contributed by atoms with van der Waals surface area (Å²) in [7, 11) is 0.415. The van der Waals surface area contributed by atoms with Gasteiger partial charge in [0.05, 0.1) is 35.1 Å². The van der Waals surface area contributed by atoms with Crippen LogP contribution in [0.1, 0.15) is 71.3 Å². The first kappa shape index (κ1) is 23.3. The van der Waals surface area contributed by atoms with E-state index in [0.29, 0.717) is 12.0 Å². The summed E-state index contributed by atoms with van der Waals surface area (Å²) in [4.78, 5) is 11.7. The van der Waals surface area contributed by atoms with Crippen molar-refractivity contribution in [2.45, 2.75) is 89.9 Å². The molecular formula is C22H34B2O6. The fourth-order valence-electron chi connectivity index (χ4n) is 3.61. The van der Waals surface area contributed by atoms with E-state index in [0.717, 1.165) is 5.56 Å². The molecule has 0 unspecified atom stereocenters. The van der Waals surface area contributed by atoms with Crippen LogP contribution < -0.4 is 0 Å². The van der Waals surface area contributed by atoms with Crippen LogP contribution in [-0.2, 0) is 29.8 Å². The Morgan fingerprint density at radius 2 is 1.17 bits per heavy atom. The van der Waals surface area contributed by atoms with Crippen molar-refractivity contribution >= 4 is 20.2 Å². The Hall–Kier alpha value is -1.34. The van der Waals surface area contributed by atoms with Gasteiger partial charge in [0.2, 0.25) is 0 Å². The summed E-state index contributed by atoms with van der Waals surface area (Å²) in [6.45, 7) is 16.3. The molecule has 30 heavy (non-hydrogen) atoms. The minimum Gasteiger partial charge on any atom is -0.465 e. The average molecular weight is 416 g/mol. The summed E-state index contributed by atoms with van der Waals surface area (Å²) in [5, 5.41) is 0. The minimum atomic E-state index is -0.481. The number of carbonyl (C=O) groups excluding carboxylic acids is 1. The smallest absolute Gasteiger partial charge is 0.459 e. The largest absolute Gasteiger partial charge is 0.465 e. The number of carbonyl (C=O) groups is 1. The van der Waals surface area contributed by atoms with Crippen molar-refractivity contribution in [3.8, 4) is 0 Å². The third-order valence-corrected chi connectivity index (χ3v) is 7.09. The van der Waals surface area contributed by atoms with Gasteiger partial charge in [-0.05, 0) is 79.5 Å². The summed E-state index contributed by atoms with van der Waals surface area (Å²) in [5.74, 6) is -0.352. The molecule has 2 heterocycles. The second kappa shape index (κ2) is 7.66. The Morgan fingerprint density at radius 1 is 0.800 bits per heavy atom. The molecular weight excluding hydrogens is 382 g/mol. The lowest BCUT2D eigenvalue weighted by Gasteiger charge is -2.32. The first-order chi connectivity index (χ1) is 13.7. The molecule has 2 saturated heterocycles. The molecule has 2 aliphatic rings. The van der Waals surface area contributed by atoms with Crippen LogP contribution in [0.25, 0.3) is 0 Å². The summed E-state index contributed by atoms with van der Waals surface area (Å²) in [6.07, 6.45) is 0.620. The monoisotopic (exact) mass is 416 g/mol. The zero-order valence-corrected chi connectivity index (χ0v) is 19.7. The molecule has 1 aromatic carbocycles. The molecule has 6 nitrogen and oxygen atoms in total. The van der Waals surface area contributed by atoms with E-state index in [-0.39, 0.29) is 11.7 Å². The molecule has 0 spiro atoms. The molecule has 0 radical (unpaired) electrons. The fraction of sp³-hybridized carbons (Fsp3) is 0.682. The van der Waals surface area contributed by atoms with E-state index < -0.39 is 36.6 Å². The van der Waals surface area contributed by atoms with Crippen LogP contribution in [0.15, 0.2) is 24.3 Å². The highest BCUT2D eigenvalue weighted by molar-refractivity contribution is 6.68. The van der Waals surface area contributed by atoms with E-state index in [4.69, 9.17) is 23.4 Å². The minimum absolute atomic E-state index is 0.184. The van der Waals surface area contributed by atoms with Crippen LogP contribution in [0, 0.1) is 0 Å². The highest BCUT2D eigenvalue weighted by atomic mass is 16.7. The third-order valence-electron chi connectivity index (χ3n) is 7.09. The van der Waals surface area contributed by atoms with Gasteiger partial charge in [-0.25, -0.2) is 4.79 Å². The molecule has 0 saturated carbocycles. The summed E-state index contributed by atoms with van der Waals surface area (Å²) in [5.41, 5.74) is -0.428. The van der Waals surface area contributed by atoms with E-state index in [1.54, 1.807) is 12.1 Å². The molecule has 0 bridgehead atoms. The Morgan fingerprint density at radius 3 is 1.50 bits per heavy atom.